The maximum Gasteiger partial charge on any atom is 0.329 e. The van der Waals surface area contributed by atoms with Crippen molar-refractivity contribution in [3.8, 4) is 12.3 Å². The molecule has 0 aromatic rings. The van der Waals surface area contributed by atoms with E-state index in [-0.39, 0.29) is 12.3 Å². The molecule has 0 aromatic heterocycles. The molecule has 0 unspecified atom stereocenters. The maximum absolute atomic E-state index is 11.4. The molecule has 4 heteroatoms. The van der Waals surface area contributed by atoms with Crippen LogP contribution in [-0.4, -0.2) is 22.5 Å². The molecule has 4 nitrogen and oxygen atoms in total. The third kappa shape index (κ3) is 2.75. The standard InChI is InChI=1S/C12H17NO3/c1-3-4-10(14)13-12(11(15)16)7-5-9(2)6-8-12/h1,9H,4-8H2,2H3,(H,13,14)(H,15,16). The van der Waals surface area contributed by atoms with E-state index in [1.807, 2.05) is 0 Å². The Morgan fingerprint density at radius 3 is 2.50 bits per heavy atom. The van der Waals surface area contributed by atoms with Crippen molar-refractivity contribution in [2.24, 2.45) is 5.92 Å². The number of hydrogen-bond acceptors (Lipinski definition) is 2. The third-order valence-electron chi connectivity index (χ3n) is 3.18. The highest BCUT2D eigenvalue weighted by Crippen LogP contribution is 2.32. The third-order valence-corrected chi connectivity index (χ3v) is 3.18. The fourth-order valence-electron chi connectivity index (χ4n) is 2.05. The van der Waals surface area contributed by atoms with Crippen LogP contribution in [0.5, 0.6) is 0 Å². The quantitative estimate of drug-likeness (QED) is 0.705. The van der Waals surface area contributed by atoms with Gasteiger partial charge in [0, 0.05) is 0 Å². The maximum atomic E-state index is 11.4. The summed E-state index contributed by atoms with van der Waals surface area (Å²) < 4.78 is 0. The molecule has 0 spiro atoms. The van der Waals surface area contributed by atoms with Crippen LogP contribution in [0.1, 0.15) is 39.0 Å². The predicted octanol–water partition coefficient (Wildman–Crippen LogP) is 1.16. The van der Waals surface area contributed by atoms with E-state index in [0.717, 1.165) is 12.8 Å². The van der Waals surface area contributed by atoms with E-state index in [9.17, 15) is 14.7 Å². The Morgan fingerprint density at radius 2 is 2.06 bits per heavy atom. The molecule has 1 saturated carbocycles. The molecule has 0 aromatic carbocycles. The fourth-order valence-corrected chi connectivity index (χ4v) is 2.05. The Kier molecular flexibility index (Phi) is 3.94. The first-order valence-corrected chi connectivity index (χ1v) is 5.48. The zero-order chi connectivity index (χ0) is 12.2. The minimum Gasteiger partial charge on any atom is -0.480 e. The summed E-state index contributed by atoms with van der Waals surface area (Å²) in [6.45, 7) is 2.09. The molecule has 1 fully saturated rings. The summed E-state index contributed by atoms with van der Waals surface area (Å²) >= 11 is 0. The van der Waals surface area contributed by atoms with E-state index in [4.69, 9.17) is 6.42 Å². The van der Waals surface area contributed by atoms with Crippen LogP contribution in [0.15, 0.2) is 0 Å². The van der Waals surface area contributed by atoms with Crippen LogP contribution < -0.4 is 5.32 Å². The topological polar surface area (TPSA) is 66.4 Å². The minimum absolute atomic E-state index is 0.0649. The molecule has 88 valence electrons. The van der Waals surface area contributed by atoms with Crippen molar-refractivity contribution in [1.82, 2.24) is 5.32 Å². The van der Waals surface area contributed by atoms with Crippen LogP contribution in [0.3, 0.4) is 0 Å². The van der Waals surface area contributed by atoms with Crippen molar-refractivity contribution in [3.05, 3.63) is 0 Å². The predicted molar refractivity (Wildman–Crippen MR) is 59.6 cm³/mol. The summed E-state index contributed by atoms with van der Waals surface area (Å²) in [7, 11) is 0. The average molecular weight is 223 g/mol. The summed E-state index contributed by atoms with van der Waals surface area (Å²) in [6.07, 6.45) is 7.57. The Balaban J connectivity index is 2.71. The molecule has 1 amide bonds. The second-order valence-electron chi connectivity index (χ2n) is 4.50. The van der Waals surface area contributed by atoms with Gasteiger partial charge in [-0.15, -0.1) is 6.42 Å². The van der Waals surface area contributed by atoms with Crippen LogP contribution in [-0.2, 0) is 9.59 Å². The van der Waals surface area contributed by atoms with E-state index in [0.29, 0.717) is 18.8 Å². The first kappa shape index (κ1) is 12.6. The van der Waals surface area contributed by atoms with Gasteiger partial charge in [0.05, 0.1) is 6.42 Å². The molecule has 1 aliphatic rings. The van der Waals surface area contributed by atoms with Gasteiger partial charge in [-0.25, -0.2) is 4.79 Å². The first-order valence-electron chi connectivity index (χ1n) is 5.48. The lowest BCUT2D eigenvalue weighted by molar-refractivity contribution is -0.149. The van der Waals surface area contributed by atoms with Crippen molar-refractivity contribution in [2.75, 3.05) is 0 Å². The zero-order valence-corrected chi connectivity index (χ0v) is 9.45. The molecule has 1 rings (SSSR count). The Labute approximate surface area is 95.4 Å². The summed E-state index contributed by atoms with van der Waals surface area (Å²) in [6, 6.07) is 0. The number of aliphatic carboxylic acids is 1. The van der Waals surface area contributed by atoms with Crippen LogP contribution in [0.2, 0.25) is 0 Å². The minimum atomic E-state index is -1.10. The number of terminal acetylenes is 1. The van der Waals surface area contributed by atoms with Crippen molar-refractivity contribution >= 4 is 11.9 Å². The fraction of sp³-hybridized carbons (Fsp3) is 0.667. The average Bonchev–Trinajstić information content (AvgIpc) is 2.22. The van der Waals surface area contributed by atoms with Gasteiger partial charge < -0.3 is 10.4 Å². The van der Waals surface area contributed by atoms with Crippen LogP contribution in [0.4, 0.5) is 0 Å². The van der Waals surface area contributed by atoms with Gasteiger partial charge in [-0.2, -0.15) is 0 Å². The lowest BCUT2D eigenvalue weighted by Gasteiger charge is -2.36. The van der Waals surface area contributed by atoms with Crippen molar-refractivity contribution in [2.45, 2.75) is 44.6 Å². The molecular formula is C12H17NO3. The molecule has 0 aliphatic heterocycles. The molecule has 16 heavy (non-hydrogen) atoms. The number of carboxylic acids is 1. The first-order chi connectivity index (χ1) is 7.50. The highest BCUT2D eigenvalue weighted by atomic mass is 16.4. The number of nitrogens with one attached hydrogen (secondary N) is 1. The number of carboxylic acid groups (broad SMARTS) is 1. The summed E-state index contributed by atoms with van der Waals surface area (Å²) in [5.74, 6) is 1.41. The monoisotopic (exact) mass is 223 g/mol. The van der Waals surface area contributed by atoms with E-state index >= 15 is 0 Å². The molecule has 0 heterocycles. The number of carbonyl (C=O) groups is 2. The highest BCUT2D eigenvalue weighted by molar-refractivity contribution is 5.88. The second kappa shape index (κ2) is 5.02. The number of rotatable bonds is 3. The number of amides is 1. The van der Waals surface area contributed by atoms with E-state index in [2.05, 4.69) is 18.2 Å². The smallest absolute Gasteiger partial charge is 0.329 e. The van der Waals surface area contributed by atoms with Gasteiger partial charge in [-0.05, 0) is 31.6 Å². The molecular weight excluding hydrogens is 206 g/mol. The normalized spacial score (nSPS) is 29.1. The largest absolute Gasteiger partial charge is 0.480 e. The van der Waals surface area contributed by atoms with E-state index < -0.39 is 11.5 Å². The van der Waals surface area contributed by atoms with Gasteiger partial charge in [-0.1, -0.05) is 12.8 Å². The van der Waals surface area contributed by atoms with Gasteiger partial charge in [-0.3, -0.25) is 4.79 Å². The summed E-state index contributed by atoms with van der Waals surface area (Å²) in [4.78, 5) is 22.6. The SMILES string of the molecule is C#CCC(=O)NC1(C(=O)O)CCC(C)CC1. The van der Waals surface area contributed by atoms with E-state index in [1.165, 1.54) is 0 Å². The van der Waals surface area contributed by atoms with Gasteiger partial charge in [0.15, 0.2) is 0 Å². The molecule has 0 radical (unpaired) electrons. The molecule has 2 N–H and O–H groups in total. The van der Waals surface area contributed by atoms with Gasteiger partial charge >= 0.3 is 5.97 Å². The van der Waals surface area contributed by atoms with Gasteiger partial charge in [0.25, 0.3) is 0 Å². The van der Waals surface area contributed by atoms with Crippen LogP contribution in [0.25, 0.3) is 0 Å². The summed E-state index contributed by atoms with van der Waals surface area (Å²) in [5.41, 5.74) is -1.10. The van der Waals surface area contributed by atoms with Crippen LogP contribution >= 0.6 is 0 Å². The number of carbonyl (C=O) groups excluding carboxylic acids is 1. The molecule has 0 atom stereocenters. The van der Waals surface area contributed by atoms with Crippen molar-refractivity contribution < 1.29 is 14.7 Å². The van der Waals surface area contributed by atoms with Crippen LogP contribution in [0, 0.1) is 18.3 Å². The highest BCUT2D eigenvalue weighted by Gasteiger charge is 2.42. The summed E-state index contributed by atoms with van der Waals surface area (Å²) in [5, 5.41) is 11.8. The molecule has 0 bridgehead atoms. The Morgan fingerprint density at radius 1 is 1.50 bits per heavy atom. The van der Waals surface area contributed by atoms with E-state index in [1.54, 1.807) is 0 Å². The van der Waals surface area contributed by atoms with Gasteiger partial charge in [0.2, 0.25) is 5.91 Å². The lowest BCUT2D eigenvalue weighted by atomic mass is 9.77. The van der Waals surface area contributed by atoms with Crippen molar-refractivity contribution in [1.29, 1.82) is 0 Å². The van der Waals surface area contributed by atoms with Crippen molar-refractivity contribution in [3.63, 3.8) is 0 Å². The lowest BCUT2D eigenvalue weighted by Crippen LogP contribution is -2.56. The van der Waals surface area contributed by atoms with Gasteiger partial charge in [0.1, 0.15) is 5.54 Å². The molecule has 1 aliphatic carbocycles. The Hall–Kier alpha value is -1.50. The zero-order valence-electron chi connectivity index (χ0n) is 9.45. The molecule has 0 saturated heterocycles. The Bertz CT molecular complexity index is 322. The number of hydrogen-bond donors (Lipinski definition) is 2. The second-order valence-corrected chi connectivity index (χ2v) is 4.50.